The number of hydrogen-bond acceptors (Lipinski definition) is 4. The van der Waals surface area contributed by atoms with Crippen molar-refractivity contribution in [1.29, 1.82) is 0 Å². The number of carbonyl (C=O) groups is 1. The van der Waals surface area contributed by atoms with Crippen molar-refractivity contribution in [2.45, 2.75) is 13.8 Å². The molecule has 0 spiro atoms. The number of hydrogen-bond donors (Lipinski definition) is 2. The molecule has 1 aromatic rings. The van der Waals surface area contributed by atoms with Crippen molar-refractivity contribution in [3.63, 3.8) is 0 Å². The fourth-order valence-corrected chi connectivity index (χ4v) is 3.20. The Hall–Kier alpha value is -1.63. The molecule has 1 rings (SSSR count). The van der Waals surface area contributed by atoms with Crippen molar-refractivity contribution in [1.82, 2.24) is 0 Å². The molecular formula is C12H17FN2O3S. The summed E-state index contributed by atoms with van der Waals surface area (Å²) in [5.41, 5.74) is 5.62. The van der Waals surface area contributed by atoms with Gasteiger partial charge in [0.15, 0.2) is 9.84 Å². The first-order valence-corrected chi connectivity index (χ1v) is 7.57. The molecule has 3 N–H and O–H groups in total. The molecule has 0 heterocycles. The maximum absolute atomic E-state index is 13.4. The fourth-order valence-electron chi connectivity index (χ4n) is 1.59. The van der Waals surface area contributed by atoms with E-state index in [1.54, 1.807) is 13.8 Å². The van der Waals surface area contributed by atoms with E-state index in [-0.39, 0.29) is 23.0 Å². The highest BCUT2D eigenvalue weighted by molar-refractivity contribution is 7.92. The standard InChI is InChI=1S/C12H17FN2O3S/c1-8(2)6-19(17,18)7-12(16)15-11-5-9(14)3-4-10(11)13/h3-5,8H,6-7,14H2,1-2H3,(H,15,16). The molecule has 0 aliphatic rings. The van der Waals surface area contributed by atoms with Crippen LogP contribution in [0.4, 0.5) is 15.8 Å². The summed E-state index contributed by atoms with van der Waals surface area (Å²) in [7, 11) is -3.49. The minimum Gasteiger partial charge on any atom is -0.399 e. The second kappa shape index (κ2) is 6.01. The highest BCUT2D eigenvalue weighted by Crippen LogP contribution is 2.17. The predicted molar refractivity (Wildman–Crippen MR) is 72.9 cm³/mol. The fraction of sp³-hybridized carbons (Fsp3) is 0.417. The molecule has 0 bridgehead atoms. The zero-order valence-electron chi connectivity index (χ0n) is 10.8. The zero-order valence-corrected chi connectivity index (χ0v) is 11.6. The van der Waals surface area contributed by atoms with E-state index >= 15 is 0 Å². The lowest BCUT2D eigenvalue weighted by Gasteiger charge is -2.09. The van der Waals surface area contributed by atoms with Gasteiger partial charge in [-0.15, -0.1) is 0 Å². The van der Waals surface area contributed by atoms with Gasteiger partial charge in [-0.2, -0.15) is 0 Å². The van der Waals surface area contributed by atoms with E-state index in [1.807, 2.05) is 0 Å². The van der Waals surface area contributed by atoms with Crippen LogP contribution in [0.25, 0.3) is 0 Å². The van der Waals surface area contributed by atoms with Gasteiger partial charge < -0.3 is 11.1 Å². The highest BCUT2D eigenvalue weighted by atomic mass is 32.2. The van der Waals surface area contributed by atoms with Gasteiger partial charge in [-0.05, 0) is 24.1 Å². The summed E-state index contributed by atoms with van der Waals surface area (Å²) in [5, 5.41) is 2.21. The number of carbonyl (C=O) groups excluding carboxylic acids is 1. The summed E-state index contributed by atoms with van der Waals surface area (Å²) in [5.74, 6) is -2.25. The van der Waals surface area contributed by atoms with E-state index in [1.165, 1.54) is 12.1 Å². The summed E-state index contributed by atoms with van der Waals surface area (Å²) in [6.07, 6.45) is 0. The van der Waals surface area contributed by atoms with Crippen molar-refractivity contribution in [2.75, 3.05) is 22.6 Å². The quantitative estimate of drug-likeness (QED) is 0.802. The number of anilines is 2. The van der Waals surface area contributed by atoms with Gasteiger partial charge in [0.2, 0.25) is 5.91 Å². The van der Waals surface area contributed by atoms with E-state index in [4.69, 9.17) is 5.73 Å². The number of sulfone groups is 1. The molecule has 0 aromatic heterocycles. The SMILES string of the molecule is CC(C)CS(=O)(=O)CC(=O)Nc1cc(N)ccc1F. The highest BCUT2D eigenvalue weighted by Gasteiger charge is 2.19. The van der Waals surface area contributed by atoms with Gasteiger partial charge in [0.05, 0.1) is 11.4 Å². The van der Waals surface area contributed by atoms with Crippen LogP contribution >= 0.6 is 0 Å². The van der Waals surface area contributed by atoms with Gasteiger partial charge in [0.1, 0.15) is 11.6 Å². The number of rotatable bonds is 5. The maximum atomic E-state index is 13.4. The van der Waals surface area contributed by atoms with Crippen LogP contribution in [0.1, 0.15) is 13.8 Å². The smallest absolute Gasteiger partial charge is 0.239 e. The summed E-state index contributed by atoms with van der Waals surface area (Å²) < 4.78 is 36.6. The van der Waals surface area contributed by atoms with Crippen LogP contribution in [0.15, 0.2) is 18.2 Å². The molecule has 0 aliphatic carbocycles. The molecule has 106 valence electrons. The molecule has 0 aliphatic heterocycles. The summed E-state index contributed by atoms with van der Waals surface area (Å²) in [4.78, 5) is 11.6. The van der Waals surface area contributed by atoms with Crippen molar-refractivity contribution in [3.8, 4) is 0 Å². The van der Waals surface area contributed by atoms with Gasteiger partial charge in [-0.25, -0.2) is 12.8 Å². The number of benzene rings is 1. The Balaban J connectivity index is 2.73. The van der Waals surface area contributed by atoms with Crippen LogP contribution in [-0.4, -0.2) is 25.8 Å². The zero-order chi connectivity index (χ0) is 14.6. The Morgan fingerprint density at radius 2 is 2.05 bits per heavy atom. The van der Waals surface area contributed by atoms with Gasteiger partial charge in [-0.3, -0.25) is 4.79 Å². The van der Waals surface area contributed by atoms with E-state index in [2.05, 4.69) is 5.32 Å². The van der Waals surface area contributed by atoms with Crippen LogP contribution in [0.5, 0.6) is 0 Å². The third kappa shape index (κ3) is 5.25. The van der Waals surface area contributed by atoms with Crippen LogP contribution in [0.2, 0.25) is 0 Å². The van der Waals surface area contributed by atoms with Crippen molar-refractivity contribution < 1.29 is 17.6 Å². The van der Waals surface area contributed by atoms with E-state index in [0.29, 0.717) is 0 Å². The van der Waals surface area contributed by atoms with E-state index in [0.717, 1.165) is 6.07 Å². The second-order valence-electron chi connectivity index (χ2n) is 4.74. The number of nitrogen functional groups attached to an aromatic ring is 1. The van der Waals surface area contributed by atoms with Crippen LogP contribution in [0, 0.1) is 11.7 Å². The van der Waals surface area contributed by atoms with Crippen molar-refractivity contribution in [3.05, 3.63) is 24.0 Å². The topological polar surface area (TPSA) is 89.3 Å². The van der Waals surface area contributed by atoms with E-state index in [9.17, 15) is 17.6 Å². The van der Waals surface area contributed by atoms with Gasteiger partial charge in [0.25, 0.3) is 0 Å². The van der Waals surface area contributed by atoms with Crippen molar-refractivity contribution >= 4 is 27.1 Å². The molecule has 7 heteroatoms. The van der Waals surface area contributed by atoms with Crippen LogP contribution < -0.4 is 11.1 Å². The average molecular weight is 288 g/mol. The Morgan fingerprint density at radius 3 is 2.63 bits per heavy atom. The minimum absolute atomic E-state index is 0.0677. The molecule has 0 radical (unpaired) electrons. The Kier molecular flexibility index (Phi) is 4.88. The largest absolute Gasteiger partial charge is 0.399 e. The van der Waals surface area contributed by atoms with Gasteiger partial charge in [-0.1, -0.05) is 13.8 Å². The molecule has 0 unspecified atom stereocenters. The third-order valence-corrected chi connectivity index (χ3v) is 4.08. The maximum Gasteiger partial charge on any atom is 0.239 e. The molecule has 5 nitrogen and oxygen atoms in total. The molecule has 19 heavy (non-hydrogen) atoms. The minimum atomic E-state index is -3.49. The third-order valence-electron chi connectivity index (χ3n) is 2.20. The lowest BCUT2D eigenvalue weighted by atomic mass is 10.2. The number of amides is 1. The number of nitrogens with one attached hydrogen (secondary N) is 1. The monoisotopic (exact) mass is 288 g/mol. The Morgan fingerprint density at radius 1 is 1.42 bits per heavy atom. The lowest BCUT2D eigenvalue weighted by Crippen LogP contribution is -2.26. The van der Waals surface area contributed by atoms with E-state index < -0.39 is 27.3 Å². The molecule has 0 saturated carbocycles. The van der Waals surface area contributed by atoms with Gasteiger partial charge in [0, 0.05) is 5.69 Å². The average Bonchev–Trinajstić information content (AvgIpc) is 2.20. The molecule has 1 aromatic carbocycles. The first-order chi connectivity index (χ1) is 8.69. The Labute approximate surface area is 111 Å². The second-order valence-corrected chi connectivity index (χ2v) is 6.85. The molecule has 0 atom stereocenters. The van der Waals surface area contributed by atoms with Crippen LogP contribution in [0.3, 0.4) is 0 Å². The molecule has 0 fully saturated rings. The first-order valence-electron chi connectivity index (χ1n) is 5.75. The predicted octanol–water partition coefficient (Wildman–Crippen LogP) is 1.42. The first kappa shape index (κ1) is 15.4. The van der Waals surface area contributed by atoms with Gasteiger partial charge >= 0.3 is 0 Å². The normalized spacial score (nSPS) is 11.6. The summed E-state index contributed by atoms with van der Waals surface area (Å²) in [6, 6.07) is 3.69. The summed E-state index contributed by atoms with van der Waals surface area (Å²) >= 11 is 0. The Bertz CT molecular complexity index is 570. The lowest BCUT2D eigenvalue weighted by molar-refractivity contribution is -0.113. The number of halogens is 1. The molecular weight excluding hydrogens is 271 g/mol. The number of nitrogens with two attached hydrogens (primary N) is 1. The molecule has 1 amide bonds. The molecule has 0 saturated heterocycles. The van der Waals surface area contributed by atoms with Crippen molar-refractivity contribution in [2.24, 2.45) is 5.92 Å². The summed E-state index contributed by atoms with van der Waals surface area (Å²) in [6.45, 7) is 3.49. The van der Waals surface area contributed by atoms with Crippen LogP contribution in [-0.2, 0) is 14.6 Å².